The first-order chi connectivity index (χ1) is 14.4. The molecule has 2 heterocycles. The quantitative estimate of drug-likeness (QED) is 0.529. The number of amides is 1. The first-order valence-electron chi connectivity index (χ1n) is 10.1. The van der Waals surface area contributed by atoms with Crippen LogP contribution in [0, 0.1) is 0 Å². The number of hydrogen-bond acceptors (Lipinski definition) is 3. The number of carbonyl (C=O) groups is 1. The summed E-state index contributed by atoms with van der Waals surface area (Å²) in [5, 5.41) is 3.02. The van der Waals surface area contributed by atoms with Crippen LogP contribution in [-0.4, -0.2) is 20.4 Å². The van der Waals surface area contributed by atoms with Crippen molar-refractivity contribution >= 4 is 16.9 Å². The van der Waals surface area contributed by atoms with Crippen LogP contribution in [0.1, 0.15) is 31.9 Å². The topological polar surface area (TPSA) is 59.8 Å². The molecule has 0 aliphatic rings. The van der Waals surface area contributed by atoms with Crippen molar-refractivity contribution in [1.82, 2.24) is 19.9 Å². The number of nitrogens with zero attached hydrogens (tertiary/aromatic N) is 3. The van der Waals surface area contributed by atoms with Gasteiger partial charge in [0.2, 0.25) is 5.91 Å². The number of aromatic nitrogens is 3. The molecule has 1 N–H and O–H groups in total. The summed E-state index contributed by atoms with van der Waals surface area (Å²) in [7, 11) is 0. The van der Waals surface area contributed by atoms with Crippen LogP contribution >= 0.6 is 0 Å². The van der Waals surface area contributed by atoms with E-state index in [1.165, 1.54) is 5.56 Å². The van der Waals surface area contributed by atoms with E-state index in [1.807, 2.05) is 41.0 Å². The third-order valence-corrected chi connectivity index (χ3v) is 5.20. The van der Waals surface area contributed by atoms with Gasteiger partial charge in [-0.3, -0.25) is 9.78 Å². The highest BCUT2D eigenvalue weighted by atomic mass is 16.1. The van der Waals surface area contributed by atoms with E-state index in [0.29, 0.717) is 6.54 Å². The van der Waals surface area contributed by atoms with Crippen LogP contribution in [0.5, 0.6) is 0 Å². The molecule has 0 fully saturated rings. The zero-order valence-corrected chi connectivity index (χ0v) is 17.6. The molecule has 0 aliphatic carbocycles. The Morgan fingerprint density at radius 2 is 1.77 bits per heavy atom. The van der Waals surface area contributed by atoms with Crippen LogP contribution in [0.15, 0.2) is 73.2 Å². The first kappa shape index (κ1) is 19.8. The number of fused-ring (bicyclic) bond motifs is 1. The van der Waals surface area contributed by atoms with E-state index >= 15 is 0 Å². The van der Waals surface area contributed by atoms with Crippen molar-refractivity contribution < 1.29 is 4.79 Å². The predicted octanol–water partition coefficient (Wildman–Crippen LogP) is 4.71. The summed E-state index contributed by atoms with van der Waals surface area (Å²) in [6.45, 7) is 7.29. The Hall–Kier alpha value is -3.47. The van der Waals surface area contributed by atoms with Gasteiger partial charge in [0.05, 0.1) is 23.1 Å². The molecule has 0 bridgehead atoms. The maximum absolute atomic E-state index is 12.6. The Bertz CT molecular complexity index is 1160. The molecular weight excluding hydrogens is 372 g/mol. The second-order valence-corrected chi connectivity index (χ2v) is 8.48. The molecule has 0 saturated heterocycles. The fourth-order valence-electron chi connectivity index (χ4n) is 3.51. The summed E-state index contributed by atoms with van der Waals surface area (Å²) < 4.78 is 1.89. The summed E-state index contributed by atoms with van der Waals surface area (Å²) in [4.78, 5) is 21.5. The van der Waals surface area contributed by atoms with Gasteiger partial charge in [0.1, 0.15) is 6.54 Å². The van der Waals surface area contributed by atoms with Gasteiger partial charge in [-0.2, -0.15) is 0 Å². The summed E-state index contributed by atoms with van der Waals surface area (Å²) in [6.07, 6.45) is 3.49. The van der Waals surface area contributed by atoms with E-state index in [-0.39, 0.29) is 17.9 Å². The van der Waals surface area contributed by atoms with E-state index in [9.17, 15) is 4.79 Å². The van der Waals surface area contributed by atoms with Crippen molar-refractivity contribution in [2.24, 2.45) is 0 Å². The zero-order valence-electron chi connectivity index (χ0n) is 17.6. The highest BCUT2D eigenvalue weighted by Crippen LogP contribution is 2.26. The molecule has 0 unspecified atom stereocenters. The fraction of sp³-hybridized carbons (Fsp3) is 0.240. The minimum Gasteiger partial charge on any atom is -0.350 e. The van der Waals surface area contributed by atoms with Gasteiger partial charge in [-0.25, -0.2) is 4.98 Å². The van der Waals surface area contributed by atoms with E-state index in [4.69, 9.17) is 0 Å². The number of nitrogens with one attached hydrogen (secondary N) is 1. The Kier molecular flexibility index (Phi) is 5.36. The SMILES string of the molecule is CC(C)(C)c1ccc(CNC(=O)Cn2cnc3cccc(-c4ccccn4)c32)cc1. The molecule has 1 amide bonds. The predicted molar refractivity (Wildman–Crippen MR) is 120 cm³/mol. The number of benzene rings is 2. The molecule has 2 aromatic carbocycles. The van der Waals surface area contributed by atoms with Crippen LogP contribution in [0.2, 0.25) is 0 Å². The van der Waals surface area contributed by atoms with Crippen LogP contribution in [0.3, 0.4) is 0 Å². The molecule has 152 valence electrons. The Balaban J connectivity index is 1.49. The normalized spacial score (nSPS) is 11.6. The van der Waals surface area contributed by atoms with Gasteiger partial charge in [0, 0.05) is 18.3 Å². The number of imidazole rings is 1. The minimum absolute atomic E-state index is 0.0509. The molecule has 4 rings (SSSR count). The van der Waals surface area contributed by atoms with E-state index in [1.54, 1.807) is 12.5 Å². The van der Waals surface area contributed by atoms with E-state index in [0.717, 1.165) is 27.9 Å². The number of hydrogen-bond donors (Lipinski definition) is 1. The summed E-state index contributed by atoms with van der Waals surface area (Å²) in [5.74, 6) is -0.0509. The third-order valence-electron chi connectivity index (χ3n) is 5.20. The first-order valence-corrected chi connectivity index (χ1v) is 10.1. The van der Waals surface area contributed by atoms with Crippen LogP contribution in [-0.2, 0) is 23.3 Å². The molecule has 30 heavy (non-hydrogen) atoms. The lowest BCUT2D eigenvalue weighted by molar-refractivity contribution is -0.121. The molecule has 0 saturated carbocycles. The lowest BCUT2D eigenvalue weighted by atomic mass is 9.87. The van der Waals surface area contributed by atoms with Crippen molar-refractivity contribution in [2.45, 2.75) is 39.3 Å². The molecule has 5 nitrogen and oxygen atoms in total. The molecule has 0 atom stereocenters. The van der Waals surface area contributed by atoms with Crippen LogP contribution < -0.4 is 5.32 Å². The molecule has 0 aliphatic heterocycles. The van der Waals surface area contributed by atoms with Gasteiger partial charge in [0.15, 0.2) is 0 Å². The lowest BCUT2D eigenvalue weighted by Gasteiger charge is -2.19. The molecule has 0 radical (unpaired) electrons. The summed E-state index contributed by atoms with van der Waals surface area (Å²) in [5.41, 5.74) is 6.09. The minimum atomic E-state index is -0.0509. The molecular formula is C25H26N4O. The highest BCUT2D eigenvalue weighted by Gasteiger charge is 2.14. The second-order valence-electron chi connectivity index (χ2n) is 8.48. The Morgan fingerprint density at radius 3 is 2.47 bits per heavy atom. The molecule has 5 heteroatoms. The highest BCUT2D eigenvalue weighted by molar-refractivity contribution is 5.92. The van der Waals surface area contributed by atoms with Gasteiger partial charge < -0.3 is 9.88 Å². The van der Waals surface area contributed by atoms with Gasteiger partial charge in [-0.05, 0) is 34.7 Å². The average Bonchev–Trinajstić information content (AvgIpc) is 3.15. The Morgan fingerprint density at radius 1 is 0.967 bits per heavy atom. The number of para-hydroxylation sites is 1. The van der Waals surface area contributed by atoms with Crippen molar-refractivity contribution in [2.75, 3.05) is 0 Å². The smallest absolute Gasteiger partial charge is 0.240 e. The monoisotopic (exact) mass is 398 g/mol. The van der Waals surface area contributed by atoms with Crippen molar-refractivity contribution in [3.8, 4) is 11.3 Å². The number of pyridine rings is 1. The zero-order chi connectivity index (χ0) is 21.1. The van der Waals surface area contributed by atoms with Crippen molar-refractivity contribution in [1.29, 1.82) is 0 Å². The van der Waals surface area contributed by atoms with Gasteiger partial charge >= 0.3 is 0 Å². The summed E-state index contributed by atoms with van der Waals surface area (Å²) >= 11 is 0. The largest absolute Gasteiger partial charge is 0.350 e. The van der Waals surface area contributed by atoms with E-state index in [2.05, 4.69) is 60.3 Å². The van der Waals surface area contributed by atoms with Crippen molar-refractivity contribution in [3.63, 3.8) is 0 Å². The average molecular weight is 399 g/mol. The van der Waals surface area contributed by atoms with Gasteiger partial charge in [-0.1, -0.05) is 63.2 Å². The lowest BCUT2D eigenvalue weighted by Crippen LogP contribution is -2.27. The molecule has 0 spiro atoms. The molecule has 4 aromatic rings. The molecule has 2 aromatic heterocycles. The maximum atomic E-state index is 12.6. The summed E-state index contributed by atoms with van der Waals surface area (Å²) in [6, 6.07) is 20.2. The van der Waals surface area contributed by atoms with Gasteiger partial charge in [0.25, 0.3) is 0 Å². The standard InChI is InChI=1S/C25H26N4O/c1-25(2,3)19-12-10-18(11-13-19)15-27-23(30)16-29-17-28-22-9-6-7-20(24(22)29)21-8-4-5-14-26-21/h4-14,17H,15-16H2,1-3H3,(H,27,30). The number of rotatable bonds is 5. The van der Waals surface area contributed by atoms with Crippen LogP contribution in [0.25, 0.3) is 22.3 Å². The van der Waals surface area contributed by atoms with Gasteiger partial charge in [-0.15, -0.1) is 0 Å². The number of carbonyl (C=O) groups excluding carboxylic acids is 1. The maximum Gasteiger partial charge on any atom is 0.240 e. The fourth-order valence-corrected chi connectivity index (χ4v) is 3.51. The Labute approximate surface area is 176 Å². The third kappa shape index (κ3) is 4.25. The second kappa shape index (κ2) is 8.11. The van der Waals surface area contributed by atoms with Crippen LogP contribution in [0.4, 0.5) is 0 Å². The van der Waals surface area contributed by atoms with E-state index < -0.39 is 0 Å². The van der Waals surface area contributed by atoms with Crippen molar-refractivity contribution in [3.05, 3.63) is 84.3 Å².